The Bertz CT molecular complexity index is 389. The van der Waals surface area contributed by atoms with Crippen LogP contribution in [-0.4, -0.2) is 26.9 Å². The lowest BCUT2D eigenvalue weighted by molar-refractivity contribution is -0.0509. The number of methoxy groups -OCH3 is 1. The van der Waals surface area contributed by atoms with Gasteiger partial charge in [-0.3, -0.25) is 0 Å². The van der Waals surface area contributed by atoms with Crippen LogP contribution in [0.2, 0.25) is 0 Å². The van der Waals surface area contributed by atoms with E-state index in [1.165, 1.54) is 0 Å². The highest BCUT2D eigenvalue weighted by Crippen LogP contribution is 2.29. The Hall–Kier alpha value is -0.720. The van der Waals surface area contributed by atoms with Crippen molar-refractivity contribution in [3.05, 3.63) is 27.7 Å². The summed E-state index contributed by atoms with van der Waals surface area (Å²) < 4.78 is 35.0. The summed E-state index contributed by atoms with van der Waals surface area (Å²) in [5, 5.41) is 3.10. The number of alkyl halides is 2. The zero-order valence-electron chi connectivity index (χ0n) is 10.3. The maximum absolute atomic E-state index is 12.3. The molecule has 1 rings (SSSR count). The topological polar surface area (TPSA) is 30.5 Å². The van der Waals surface area contributed by atoms with Gasteiger partial charge < -0.3 is 14.8 Å². The zero-order chi connectivity index (χ0) is 13.5. The molecule has 0 unspecified atom stereocenters. The van der Waals surface area contributed by atoms with Gasteiger partial charge in [-0.1, -0.05) is 15.9 Å². The van der Waals surface area contributed by atoms with E-state index in [1.807, 2.05) is 0 Å². The third kappa shape index (κ3) is 4.88. The second-order valence-electron chi connectivity index (χ2n) is 3.76. The van der Waals surface area contributed by atoms with Crippen molar-refractivity contribution in [2.45, 2.75) is 20.1 Å². The van der Waals surface area contributed by atoms with Crippen molar-refractivity contribution >= 4 is 15.9 Å². The molecule has 3 nitrogen and oxygen atoms in total. The summed E-state index contributed by atoms with van der Waals surface area (Å²) in [6.07, 6.45) is 0. The molecule has 0 heterocycles. The van der Waals surface area contributed by atoms with Crippen LogP contribution >= 0.6 is 15.9 Å². The van der Waals surface area contributed by atoms with Crippen molar-refractivity contribution in [2.75, 3.05) is 20.3 Å². The van der Waals surface area contributed by atoms with Crippen molar-refractivity contribution in [2.24, 2.45) is 0 Å². The maximum atomic E-state index is 12.3. The van der Waals surface area contributed by atoms with Crippen LogP contribution in [0.1, 0.15) is 11.1 Å². The molecule has 0 fully saturated rings. The number of benzene rings is 1. The predicted octanol–water partition coefficient (Wildman–Crippen LogP) is 3.09. The average Bonchev–Trinajstić information content (AvgIpc) is 2.28. The van der Waals surface area contributed by atoms with Gasteiger partial charge in [0.15, 0.2) is 0 Å². The number of nitrogens with one attached hydrogen (secondary N) is 1. The molecule has 6 heteroatoms. The molecular formula is C12H16BrF2NO2. The van der Waals surface area contributed by atoms with E-state index in [0.717, 1.165) is 4.47 Å². The predicted molar refractivity (Wildman–Crippen MR) is 69.1 cm³/mol. The normalized spacial score (nSPS) is 11.0. The number of halogens is 3. The van der Waals surface area contributed by atoms with E-state index in [1.54, 1.807) is 26.2 Å². The van der Waals surface area contributed by atoms with Gasteiger partial charge in [0.1, 0.15) is 5.75 Å². The fraction of sp³-hybridized carbons (Fsp3) is 0.500. The molecule has 18 heavy (non-hydrogen) atoms. The smallest absolute Gasteiger partial charge is 0.387 e. The zero-order valence-corrected chi connectivity index (χ0v) is 11.9. The average molecular weight is 324 g/mol. The molecule has 0 atom stereocenters. The van der Waals surface area contributed by atoms with Gasteiger partial charge in [-0.25, -0.2) is 0 Å². The largest absolute Gasteiger partial charge is 0.434 e. The van der Waals surface area contributed by atoms with Crippen molar-refractivity contribution < 1.29 is 18.3 Å². The number of ether oxygens (including phenoxy) is 2. The highest BCUT2D eigenvalue weighted by molar-refractivity contribution is 9.10. The first kappa shape index (κ1) is 15.3. The van der Waals surface area contributed by atoms with E-state index < -0.39 is 6.61 Å². The third-order valence-electron chi connectivity index (χ3n) is 2.32. The molecule has 0 saturated heterocycles. The van der Waals surface area contributed by atoms with E-state index in [9.17, 15) is 8.78 Å². The summed E-state index contributed by atoms with van der Waals surface area (Å²) in [6, 6.07) is 3.51. The van der Waals surface area contributed by atoms with Gasteiger partial charge in [-0.05, 0) is 24.6 Å². The molecule has 1 N–H and O–H groups in total. The lowest BCUT2D eigenvalue weighted by Crippen LogP contribution is -2.19. The van der Waals surface area contributed by atoms with Crippen molar-refractivity contribution in [3.8, 4) is 5.75 Å². The van der Waals surface area contributed by atoms with Crippen LogP contribution in [0.4, 0.5) is 8.78 Å². The molecular weight excluding hydrogens is 308 g/mol. The Morgan fingerprint density at radius 2 is 2.11 bits per heavy atom. The van der Waals surface area contributed by atoms with Gasteiger partial charge in [-0.2, -0.15) is 8.78 Å². The minimum absolute atomic E-state index is 0.234. The molecule has 1 aromatic carbocycles. The fourth-order valence-electron chi connectivity index (χ4n) is 1.59. The standard InChI is InChI=1S/C12H16BrF2NO2/c1-8-5-10(13)6-9(7-16-3-4-17-2)11(8)18-12(14)15/h5-6,12,16H,3-4,7H2,1-2H3. The van der Waals surface area contributed by atoms with Crippen LogP contribution in [0.5, 0.6) is 5.75 Å². The van der Waals surface area contributed by atoms with Crippen LogP contribution in [0.3, 0.4) is 0 Å². The third-order valence-corrected chi connectivity index (χ3v) is 2.78. The van der Waals surface area contributed by atoms with Crippen LogP contribution in [0.25, 0.3) is 0 Å². The summed E-state index contributed by atoms with van der Waals surface area (Å²) in [5.41, 5.74) is 1.37. The molecule has 0 aliphatic carbocycles. The highest BCUT2D eigenvalue weighted by atomic mass is 79.9. The van der Waals surface area contributed by atoms with Crippen molar-refractivity contribution in [1.29, 1.82) is 0 Å². The van der Waals surface area contributed by atoms with Gasteiger partial charge in [-0.15, -0.1) is 0 Å². The van der Waals surface area contributed by atoms with Gasteiger partial charge in [0.25, 0.3) is 0 Å². The maximum Gasteiger partial charge on any atom is 0.387 e. The number of rotatable bonds is 7. The SMILES string of the molecule is COCCNCc1cc(Br)cc(C)c1OC(F)F. The number of hydrogen-bond donors (Lipinski definition) is 1. The van der Waals surface area contributed by atoms with E-state index >= 15 is 0 Å². The van der Waals surface area contributed by atoms with Crippen LogP contribution < -0.4 is 10.1 Å². The Morgan fingerprint density at radius 3 is 2.72 bits per heavy atom. The lowest BCUT2D eigenvalue weighted by Gasteiger charge is -2.14. The van der Waals surface area contributed by atoms with Gasteiger partial charge in [0.05, 0.1) is 6.61 Å². The summed E-state index contributed by atoms with van der Waals surface area (Å²) in [5.74, 6) is 0.234. The van der Waals surface area contributed by atoms with E-state index in [4.69, 9.17) is 4.74 Å². The molecule has 0 bridgehead atoms. The monoisotopic (exact) mass is 323 g/mol. The van der Waals surface area contributed by atoms with Crippen LogP contribution in [0.15, 0.2) is 16.6 Å². The summed E-state index contributed by atoms with van der Waals surface area (Å²) >= 11 is 3.34. The fourth-order valence-corrected chi connectivity index (χ4v) is 2.21. The Labute approximate surface area is 114 Å². The molecule has 0 saturated carbocycles. The minimum atomic E-state index is -2.82. The first-order valence-corrected chi connectivity index (χ1v) is 6.27. The minimum Gasteiger partial charge on any atom is -0.434 e. The summed E-state index contributed by atoms with van der Waals surface area (Å²) in [4.78, 5) is 0. The molecule has 0 aliphatic rings. The molecule has 0 amide bonds. The van der Waals surface area contributed by atoms with E-state index in [2.05, 4.69) is 26.0 Å². The summed E-state index contributed by atoms with van der Waals surface area (Å²) in [7, 11) is 1.61. The number of aryl methyl sites for hydroxylation is 1. The molecule has 0 aromatic heterocycles. The van der Waals surface area contributed by atoms with E-state index in [-0.39, 0.29) is 5.75 Å². The Morgan fingerprint density at radius 1 is 1.39 bits per heavy atom. The van der Waals surface area contributed by atoms with Crippen molar-refractivity contribution in [3.63, 3.8) is 0 Å². The molecule has 1 aromatic rings. The second kappa shape index (κ2) is 7.66. The molecule has 102 valence electrons. The Kier molecular flexibility index (Phi) is 6.52. The first-order valence-electron chi connectivity index (χ1n) is 5.48. The Balaban J connectivity index is 2.79. The van der Waals surface area contributed by atoms with Crippen LogP contribution in [-0.2, 0) is 11.3 Å². The molecule has 0 aliphatic heterocycles. The second-order valence-corrected chi connectivity index (χ2v) is 4.67. The lowest BCUT2D eigenvalue weighted by atomic mass is 10.1. The highest BCUT2D eigenvalue weighted by Gasteiger charge is 2.13. The van der Waals surface area contributed by atoms with E-state index in [0.29, 0.717) is 30.8 Å². The molecule has 0 radical (unpaired) electrons. The number of hydrogen-bond acceptors (Lipinski definition) is 3. The van der Waals surface area contributed by atoms with Crippen molar-refractivity contribution in [1.82, 2.24) is 5.32 Å². The summed E-state index contributed by atoms with van der Waals surface area (Å²) in [6.45, 7) is 0.587. The van der Waals surface area contributed by atoms with Gasteiger partial charge in [0.2, 0.25) is 0 Å². The first-order chi connectivity index (χ1) is 8.54. The van der Waals surface area contributed by atoms with Crippen LogP contribution in [0, 0.1) is 6.92 Å². The quantitative estimate of drug-likeness (QED) is 0.782. The van der Waals surface area contributed by atoms with Gasteiger partial charge >= 0.3 is 6.61 Å². The molecule has 0 spiro atoms. The van der Waals surface area contributed by atoms with Gasteiger partial charge in [0, 0.05) is 30.2 Å².